The molecule has 126 valence electrons. The maximum Gasteiger partial charge on any atom is 0.276 e. The van der Waals surface area contributed by atoms with E-state index >= 15 is 0 Å². The third kappa shape index (κ3) is 5.12. The van der Waals surface area contributed by atoms with Crippen LogP contribution in [0.25, 0.3) is 0 Å². The molecule has 0 aliphatic rings. The van der Waals surface area contributed by atoms with Gasteiger partial charge in [0.2, 0.25) is 0 Å². The quantitative estimate of drug-likeness (QED) is 0.830. The zero-order chi connectivity index (χ0) is 17.5. The minimum absolute atomic E-state index is 0.171. The van der Waals surface area contributed by atoms with Crippen molar-refractivity contribution < 1.29 is 14.3 Å². The molecule has 2 rings (SSSR count). The summed E-state index contributed by atoms with van der Waals surface area (Å²) < 4.78 is 5.34. The van der Waals surface area contributed by atoms with Crippen LogP contribution in [-0.4, -0.2) is 18.4 Å². The molecule has 24 heavy (non-hydrogen) atoms. The predicted molar refractivity (Wildman–Crippen MR) is 92.8 cm³/mol. The van der Waals surface area contributed by atoms with E-state index in [2.05, 4.69) is 24.7 Å². The van der Waals surface area contributed by atoms with E-state index in [0.717, 1.165) is 11.1 Å². The molecule has 5 heteroatoms. The van der Waals surface area contributed by atoms with E-state index in [0.29, 0.717) is 17.2 Å². The lowest BCUT2D eigenvalue weighted by molar-refractivity contribution is -0.123. The molecule has 0 aliphatic carbocycles. The second-order valence-corrected chi connectivity index (χ2v) is 5.88. The van der Waals surface area contributed by atoms with Crippen LogP contribution in [0.1, 0.15) is 41.3 Å². The van der Waals surface area contributed by atoms with Crippen LogP contribution in [0.2, 0.25) is 0 Å². The van der Waals surface area contributed by atoms with Crippen LogP contribution in [0, 0.1) is 6.92 Å². The molecular formula is C19H22N2O3. The van der Waals surface area contributed by atoms with Crippen LogP contribution in [0.3, 0.4) is 0 Å². The van der Waals surface area contributed by atoms with Crippen LogP contribution < -0.4 is 15.6 Å². The summed E-state index contributed by atoms with van der Waals surface area (Å²) in [5, 5.41) is 0. The number of hydrogen-bond donors (Lipinski definition) is 2. The molecule has 0 aliphatic heterocycles. The van der Waals surface area contributed by atoms with Crippen molar-refractivity contribution in [3.05, 3.63) is 65.2 Å². The third-order valence-corrected chi connectivity index (χ3v) is 3.55. The number of amides is 2. The summed E-state index contributed by atoms with van der Waals surface area (Å²) in [5.41, 5.74) is 7.46. The monoisotopic (exact) mass is 326 g/mol. The van der Waals surface area contributed by atoms with Gasteiger partial charge in [0.15, 0.2) is 6.61 Å². The summed E-state index contributed by atoms with van der Waals surface area (Å²) in [7, 11) is 0. The van der Waals surface area contributed by atoms with Crippen LogP contribution in [0.15, 0.2) is 48.5 Å². The van der Waals surface area contributed by atoms with Gasteiger partial charge in [0.25, 0.3) is 11.8 Å². The van der Waals surface area contributed by atoms with Gasteiger partial charge in [0.05, 0.1) is 0 Å². The molecular weight excluding hydrogens is 304 g/mol. The number of benzene rings is 2. The molecule has 0 bridgehead atoms. The van der Waals surface area contributed by atoms with Crippen molar-refractivity contribution in [2.75, 3.05) is 6.61 Å². The number of nitrogens with one attached hydrogen (secondary N) is 2. The molecule has 0 spiro atoms. The fourth-order valence-corrected chi connectivity index (χ4v) is 2.04. The van der Waals surface area contributed by atoms with Crippen LogP contribution in [0.4, 0.5) is 0 Å². The Bertz CT molecular complexity index is 692. The van der Waals surface area contributed by atoms with Gasteiger partial charge in [-0.25, -0.2) is 0 Å². The van der Waals surface area contributed by atoms with Crippen molar-refractivity contribution in [1.29, 1.82) is 0 Å². The smallest absolute Gasteiger partial charge is 0.276 e. The normalized spacial score (nSPS) is 10.3. The number of carbonyl (C=O) groups excluding carboxylic acids is 2. The van der Waals surface area contributed by atoms with Gasteiger partial charge >= 0.3 is 0 Å². The highest BCUT2D eigenvalue weighted by molar-refractivity contribution is 5.95. The highest BCUT2D eigenvalue weighted by atomic mass is 16.5. The van der Waals surface area contributed by atoms with Crippen molar-refractivity contribution in [2.45, 2.75) is 26.7 Å². The Morgan fingerprint density at radius 1 is 0.958 bits per heavy atom. The highest BCUT2D eigenvalue weighted by Crippen LogP contribution is 2.14. The zero-order valence-electron chi connectivity index (χ0n) is 14.1. The lowest BCUT2D eigenvalue weighted by Gasteiger charge is -2.10. The van der Waals surface area contributed by atoms with Crippen LogP contribution in [-0.2, 0) is 4.79 Å². The fraction of sp³-hybridized carbons (Fsp3) is 0.263. The average molecular weight is 326 g/mol. The number of rotatable bonds is 5. The van der Waals surface area contributed by atoms with Crippen molar-refractivity contribution in [3.8, 4) is 5.75 Å². The maximum absolute atomic E-state index is 12.0. The maximum atomic E-state index is 12.0. The van der Waals surface area contributed by atoms with Crippen molar-refractivity contribution in [1.82, 2.24) is 10.9 Å². The summed E-state index contributed by atoms with van der Waals surface area (Å²) in [6.45, 7) is 5.97. The SMILES string of the molecule is Cc1ccc(OCC(=O)NNC(=O)c2ccc(C(C)C)cc2)cc1. The van der Waals surface area contributed by atoms with E-state index < -0.39 is 5.91 Å². The molecule has 2 N–H and O–H groups in total. The first-order chi connectivity index (χ1) is 11.5. The number of hydrogen-bond acceptors (Lipinski definition) is 3. The molecule has 2 amide bonds. The highest BCUT2D eigenvalue weighted by Gasteiger charge is 2.08. The van der Waals surface area contributed by atoms with Crippen molar-refractivity contribution in [3.63, 3.8) is 0 Å². The second kappa shape index (κ2) is 8.15. The lowest BCUT2D eigenvalue weighted by Crippen LogP contribution is -2.43. The molecule has 0 atom stereocenters. The van der Waals surface area contributed by atoms with Gasteiger partial charge in [0, 0.05) is 5.56 Å². The van der Waals surface area contributed by atoms with E-state index in [1.807, 2.05) is 31.2 Å². The Balaban J connectivity index is 1.78. The number of hydrazine groups is 1. The molecule has 0 heterocycles. The predicted octanol–water partition coefficient (Wildman–Crippen LogP) is 2.96. The first kappa shape index (κ1) is 17.5. The summed E-state index contributed by atoms with van der Waals surface area (Å²) in [6.07, 6.45) is 0. The molecule has 2 aromatic rings. The second-order valence-electron chi connectivity index (χ2n) is 5.88. The Morgan fingerprint density at radius 2 is 1.58 bits per heavy atom. The lowest BCUT2D eigenvalue weighted by atomic mass is 10.0. The largest absolute Gasteiger partial charge is 0.484 e. The number of ether oxygens (including phenoxy) is 1. The summed E-state index contributed by atoms with van der Waals surface area (Å²) in [6, 6.07) is 14.7. The van der Waals surface area contributed by atoms with Crippen LogP contribution >= 0.6 is 0 Å². The van der Waals surface area contributed by atoms with Crippen molar-refractivity contribution in [2.24, 2.45) is 0 Å². The van der Waals surface area contributed by atoms with Gasteiger partial charge in [-0.1, -0.05) is 43.7 Å². The van der Waals surface area contributed by atoms with Gasteiger partial charge in [0.1, 0.15) is 5.75 Å². The minimum Gasteiger partial charge on any atom is -0.484 e. The minimum atomic E-state index is -0.428. The number of carbonyl (C=O) groups is 2. The number of aryl methyl sites for hydroxylation is 1. The first-order valence-electron chi connectivity index (χ1n) is 7.84. The summed E-state index contributed by atoms with van der Waals surface area (Å²) in [5.74, 6) is 0.212. The Labute approximate surface area is 142 Å². The third-order valence-electron chi connectivity index (χ3n) is 3.55. The van der Waals surface area contributed by atoms with Gasteiger partial charge in [-0.3, -0.25) is 20.4 Å². The van der Waals surface area contributed by atoms with Crippen molar-refractivity contribution >= 4 is 11.8 Å². The zero-order valence-corrected chi connectivity index (χ0v) is 14.1. The summed E-state index contributed by atoms with van der Waals surface area (Å²) >= 11 is 0. The van der Waals surface area contributed by atoms with E-state index in [4.69, 9.17) is 4.74 Å². The fourth-order valence-electron chi connectivity index (χ4n) is 2.04. The molecule has 5 nitrogen and oxygen atoms in total. The van der Waals surface area contributed by atoms with E-state index in [1.165, 1.54) is 0 Å². The molecule has 0 unspecified atom stereocenters. The molecule has 0 radical (unpaired) electrons. The van der Waals surface area contributed by atoms with Gasteiger partial charge in [-0.2, -0.15) is 0 Å². The molecule has 0 fully saturated rings. The topological polar surface area (TPSA) is 67.4 Å². The van der Waals surface area contributed by atoms with E-state index in [1.54, 1.807) is 24.3 Å². The first-order valence-corrected chi connectivity index (χ1v) is 7.84. The molecule has 0 aromatic heterocycles. The molecule has 0 saturated carbocycles. The van der Waals surface area contributed by atoms with Gasteiger partial charge in [-0.05, 0) is 42.7 Å². The van der Waals surface area contributed by atoms with E-state index in [9.17, 15) is 9.59 Å². The molecule has 2 aromatic carbocycles. The summed E-state index contributed by atoms with van der Waals surface area (Å²) in [4.78, 5) is 23.7. The van der Waals surface area contributed by atoms with Gasteiger partial charge in [-0.15, -0.1) is 0 Å². The Kier molecular flexibility index (Phi) is 5.95. The molecule has 0 saturated heterocycles. The van der Waals surface area contributed by atoms with E-state index in [-0.39, 0.29) is 12.5 Å². The Morgan fingerprint density at radius 3 is 2.17 bits per heavy atom. The van der Waals surface area contributed by atoms with Gasteiger partial charge < -0.3 is 4.74 Å². The van der Waals surface area contributed by atoms with Crippen LogP contribution in [0.5, 0.6) is 5.75 Å². The Hall–Kier alpha value is -2.82. The average Bonchev–Trinajstić information content (AvgIpc) is 2.59. The standard InChI is InChI=1S/C19H22N2O3/c1-13(2)15-6-8-16(9-7-15)19(23)21-20-18(22)12-24-17-10-4-14(3)5-11-17/h4-11,13H,12H2,1-3H3,(H,20,22)(H,21,23).